The normalized spacial score (nSPS) is 13.4. The van der Waals surface area contributed by atoms with E-state index in [-0.39, 0.29) is 24.7 Å². The maximum Gasteiger partial charge on any atom is 0.312 e. The Morgan fingerprint density at radius 2 is 2.04 bits per heavy atom. The van der Waals surface area contributed by atoms with Crippen LogP contribution in [0.5, 0.6) is 0 Å². The molecule has 1 aromatic carbocycles. The van der Waals surface area contributed by atoms with Crippen LogP contribution in [0.25, 0.3) is 0 Å². The highest BCUT2D eigenvalue weighted by Gasteiger charge is 2.18. The quantitative estimate of drug-likeness (QED) is 0.618. The van der Waals surface area contributed by atoms with Gasteiger partial charge >= 0.3 is 6.03 Å². The Balaban J connectivity index is 0.00000225. The molecule has 0 fully saturated rings. The predicted octanol–water partition coefficient (Wildman–Crippen LogP) is 2.19. The van der Waals surface area contributed by atoms with Crippen LogP contribution in [0, 0.1) is 0 Å². The summed E-state index contributed by atoms with van der Waals surface area (Å²) in [4.78, 5) is 24.3. The Kier molecular flexibility index (Phi) is 6.81. The molecule has 6 nitrogen and oxygen atoms in total. The van der Waals surface area contributed by atoms with E-state index in [4.69, 9.17) is 5.73 Å². The summed E-state index contributed by atoms with van der Waals surface area (Å²) in [6.07, 6.45) is 0.163. The molecule has 0 radical (unpaired) electrons. The van der Waals surface area contributed by atoms with Crippen LogP contribution in [0.1, 0.15) is 34.0 Å². The number of nitrogens with two attached hydrogens (primary N) is 1. The maximum absolute atomic E-state index is 12.2. The Bertz CT molecular complexity index is 736. The molecule has 8 heteroatoms. The fourth-order valence-corrected chi connectivity index (χ4v) is 3.58. The minimum atomic E-state index is -0.632. The number of thiophene rings is 1. The number of fused-ring (bicyclic) bond motifs is 1. The SMILES string of the molecule is Cl.NC(=O)NC(CC(=O)NCc1ccc2c(c1)CNC2)c1cccs1. The number of hydrogen-bond donors (Lipinski definition) is 4. The van der Waals surface area contributed by atoms with Crippen molar-refractivity contribution >= 4 is 35.7 Å². The first-order chi connectivity index (χ1) is 11.6. The maximum atomic E-state index is 12.2. The number of carbonyl (C=O) groups is 2. The summed E-state index contributed by atoms with van der Waals surface area (Å²) in [7, 11) is 0. The molecule has 0 saturated heterocycles. The standard InChI is InChI=1S/C17H20N4O2S.ClH/c18-17(23)21-14(15-2-1-5-24-15)7-16(22)20-8-11-3-4-12-9-19-10-13(12)6-11;/h1-6,14,19H,7-10H2,(H,20,22)(H3,18,21,23);1H. The molecule has 0 spiro atoms. The summed E-state index contributed by atoms with van der Waals surface area (Å²) in [5, 5.41) is 10.7. The minimum Gasteiger partial charge on any atom is -0.352 e. The zero-order valence-corrected chi connectivity index (χ0v) is 15.2. The molecular weight excluding hydrogens is 360 g/mol. The molecule has 1 aromatic heterocycles. The number of amides is 3. The van der Waals surface area contributed by atoms with E-state index < -0.39 is 12.1 Å². The summed E-state index contributed by atoms with van der Waals surface area (Å²) in [5.41, 5.74) is 8.88. The van der Waals surface area contributed by atoms with Crippen molar-refractivity contribution in [3.05, 3.63) is 57.3 Å². The molecule has 1 aliphatic rings. The molecular formula is C17H21ClN4O2S. The smallest absolute Gasteiger partial charge is 0.312 e. The predicted molar refractivity (Wildman–Crippen MR) is 100 cm³/mol. The van der Waals surface area contributed by atoms with Crippen LogP contribution >= 0.6 is 23.7 Å². The van der Waals surface area contributed by atoms with Crippen molar-refractivity contribution in [3.8, 4) is 0 Å². The van der Waals surface area contributed by atoms with E-state index >= 15 is 0 Å². The molecule has 5 N–H and O–H groups in total. The molecule has 0 saturated carbocycles. The van der Waals surface area contributed by atoms with Crippen molar-refractivity contribution in [1.29, 1.82) is 0 Å². The first-order valence-corrected chi connectivity index (χ1v) is 8.67. The summed E-state index contributed by atoms with van der Waals surface area (Å²) >= 11 is 1.49. The zero-order valence-electron chi connectivity index (χ0n) is 13.6. The van der Waals surface area contributed by atoms with Gasteiger partial charge in [0.1, 0.15) is 0 Å². The Morgan fingerprint density at radius 1 is 1.24 bits per heavy atom. The van der Waals surface area contributed by atoms with Gasteiger partial charge in [-0.25, -0.2) is 4.79 Å². The van der Waals surface area contributed by atoms with Gasteiger partial charge in [-0.15, -0.1) is 23.7 Å². The van der Waals surface area contributed by atoms with Gasteiger partial charge in [-0.1, -0.05) is 24.3 Å². The summed E-state index contributed by atoms with van der Waals surface area (Å²) in [6, 6.07) is 8.98. The van der Waals surface area contributed by atoms with Gasteiger partial charge in [0, 0.05) is 24.5 Å². The average molecular weight is 381 g/mol. The number of rotatable bonds is 6. The van der Waals surface area contributed by atoms with Gasteiger partial charge in [-0.2, -0.15) is 0 Å². The highest BCUT2D eigenvalue weighted by atomic mass is 35.5. The number of carbonyl (C=O) groups excluding carboxylic acids is 2. The van der Waals surface area contributed by atoms with Crippen LogP contribution in [0.4, 0.5) is 4.79 Å². The molecule has 1 atom stereocenters. The van der Waals surface area contributed by atoms with Crippen LogP contribution in [-0.2, 0) is 24.4 Å². The molecule has 134 valence electrons. The lowest BCUT2D eigenvalue weighted by Crippen LogP contribution is -2.36. The van der Waals surface area contributed by atoms with E-state index in [1.807, 2.05) is 23.6 Å². The van der Waals surface area contributed by atoms with Gasteiger partial charge in [-0.3, -0.25) is 4.79 Å². The fraction of sp³-hybridized carbons (Fsp3) is 0.294. The number of hydrogen-bond acceptors (Lipinski definition) is 4. The highest BCUT2D eigenvalue weighted by Crippen LogP contribution is 2.22. The summed E-state index contributed by atoms with van der Waals surface area (Å²) < 4.78 is 0. The van der Waals surface area contributed by atoms with E-state index in [1.165, 1.54) is 22.5 Å². The van der Waals surface area contributed by atoms with Gasteiger partial charge in [-0.05, 0) is 28.1 Å². The first kappa shape index (κ1) is 19.2. The van der Waals surface area contributed by atoms with Crippen LogP contribution in [0.2, 0.25) is 0 Å². The van der Waals surface area contributed by atoms with Crippen LogP contribution < -0.4 is 21.7 Å². The molecule has 3 amide bonds. The fourth-order valence-electron chi connectivity index (χ4n) is 2.80. The minimum absolute atomic E-state index is 0. The van der Waals surface area contributed by atoms with Crippen molar-refractivity contribution < 1.29 is 9.59 Å². The topological polar surface area (TPSA) is 96.2 Å². The third-order valence-corrected chi connectivity index (χ3v) is 4.97. The number of benzene rings is 1. The van der Waals surface area contributed by atoms with Crippen molar-refractivity contribution in [2.24, 2.45) is 5.73 Å². The van der Waals surface area contributed by atoms with Crippen molar-refractivity contribution in [3.63, 3.8) is 0 Å². The third kappa shape index (κ3) is 5.19. The van der Waals surface area contributed by atoms with E-state index in [1.54, 1.807) is 0 Å². The van der Waals surface area contributed by atoms with E-state index in [0.717, 1.165) is 23.5 Å². The van der Waals surface area contributed by atoms with E-state index in [9.17, 15) is 9.59 Å². The first-order valence-electron chi connectivity index (χ1n) is 7.79. The zero-order chi connectivity index (χ0) is 16.9. The second kappa shape index (κ2) is 8.84. The molecule has 2 heterocycles. The van der Waals surface area contributed by atoms with Crippen molar-refractivity contribution in [2.75, 3.05) is 0 Å². The Labute approximate surface area is 156 Å². The average Bonchev–Trinajstić information content (AvgIpc) is 3.22. The highest BCUT2D eigenvalue weighted by molar-refractivity contribution is 7.10. The second-order valence-corrected chi connectivity index (χ2v) is 6.74. The van der Waals surface area contributed by atoms with Gasteiger partial charge in [0.15, 0.2) is 0 Å². The van der Waals surface area contributed by atoms with Crippen LogP contribution in [0.3, 0.4) is 0 Å². The summed E-state index contributed by atoms with van der Waals surface area (Å²) in [6.45, 7) is 2.25. The number of halogens is 1. The molecule has 1 aliphatic heterocycles. The lowest BCUT2D eigenvalue weighted by atomic mass is 10.1. The third-order valence-electron chi connectivity index (χ3n) is 3.98. The van der Waals surface area contributed by atoms with Gasteiger partial charge in [0.2, 0.25) is 5.91 Å². The van der Waals surface area contributed by atoms with E-state index in [2.05, 4.69) is 28.1 Å². The van der Waals surface area contributed by atoms with Crippen LogP contribution in [0.15, 0.2) is 35.7 Å². The largest absolute Gasteiger partial charge is 0.352 e. The molecule has 3 rings (SSSR count). The van der Waals surface area contributed by atoms with Crippen molar-refractivity contribution in [1.82, 2.24) is 16.0 Å². The molecule has 25 heavy (non-hydrogen) atoms. The van der Waals surface area contributed by atoms with Gasteiger partial charge < -0.3 is 21.7 Å². The Morgan fingerprint density at radius 3 is 2.76 bits per heavy atom. The molecule has 1 unspecified atom stereocenters. The lowest BCUT2D eigenvalue weighted by Gasteiger charge is -2.16. The number of urea groups is 1. The monoisotopic (exact) mass is 380 g/mol. The molecule has 2 aromatic rings. The number of primary amides is 1. The van der Waals surface area contributed by atoms with Crippen molar-refractivity contribution in [2.45, 2.75) is 32.1 Å². The van der Waals surface area contributed by atoms with Gasteiger partial charge in [0.05, 0.1) is 12.5 Å². The molecule has 0 aliphatic carbocycles. The summed E-state index contributed by atoms with van der Waals surface area (Å²) in [5.74, 6) is -0.124. The Hall–Kier alpha value is -2.09. The van der Waals surface area contributed by atoms with Crippen LogP contribution in [-0.4, -0.2) is 11.9 Å². The van der Waals surface area contributed by atoms with E-state index in [0.29, 0.717) is 6.54 Å². The molecule has 0 bridgehead atoms. The second-order valence-electron chi connectivity index (χ2n) is 5.76. The number of nitrogens with one attached hydrogen (secondary N) is 3. The lowest BCUT2D eigenvalue weighted by molar-refractivity contribution is -0.121. The van der Waals surface area contributed by atoms with Gasteiger partial charge in [0.25, 0.3) is 0 Å².